The Balaban J connectivity index is 1.93. The average Bonchev–Trinajstić information content (AvgIpc) is 2.40. The van der Waals surface area contributed by atoms with E-state index in [9.17, 15) is 13.6 Å². The first kappa shape index (κ1) is 13.2. The van der Waals surface area contributed by atoms with Crippen LogP contribution in [0.1, 0.15) is 55.3 Å². The second kappa shape index (κ2) is 6.07. The van der Waals surface area contributed by atoms with Crippen molar-refractivity contribution >= 4 is 5.78 Å². The second-order valence-electron chi connectivity index (χ2n) is 5.07. The molecule has 0 aliphatic heterocycles. The topological polar surface area (TPSA) is 17.1 Å². The van der Waals surface area contributed by atoms with Gasteiger partial charge in [0.1, 0.15) is 0 Å². The van der Waals surface area contributed by atoms with Crippen molar-refractivity contribution in [1.82, 2.24) is 0 Å². The third-order valence-electron chi connectivity index (χ3n) is 3.76. The normalized spacial score (nSPS) is 16.8. The summed E-state index contributed by atoms with van der Waals surface area (Å²) in [5.41, 5.74) is -0.106. The highest BCUT2D eigenvalue weighted by molar-refractivity contribution is 5.96. The van der Waals surface area contributed by atoms with Gasteiger partial charge in [-0.2, -0.15) is 0 Å². The molecule has 1 aliphatic rings. The van der Waals surface area contributed by atoms with Crippen molar-refractivity contribution in [2.24, 2.45) is 5.92 Å². The number of Topliss-reactive ketones (excluding diaryl/α,β-unsaturated/α-hetero) is 1. The molecule has 0 saturated heterocycles. The number of rotatable bonds is 4. The molecule has 0 atom stereocenters. The highest BCUT2D eigenvalue weighted by Crippen LogP contribution is 2.28. The summed E-state index contributed by atoms with van der Waals surface area (Å²) in [4.78, 5) is 11.9. The van der Waals surface area contributed by atoms with Crippen LogP contribution >= 0.6 is 0 Å². The van der Waals surface area contributed by atoms with E-state index in [2.05, 4.69) is 0 Å². The zero-order valence-electron chi connectivity index (χ0n) is 10.4. The van der Waals surface area contributed by atoms with Gasteiger partial charge >= 0.3 is 0 Å². The largest absolute Gasteiger partial charge is 0.294 e. The first-order valence-electron chi connectivity index (χ1n) is 6.65. The molecule has 0 amide bonds. The average molecular weight is 252 g/mol. The van der Waals surface area contributed by atoms with Crippen molar-refractivity contribution in [2.75, 3.05) is 0 Å². The lowest BCUT2D eigenvalue weighted by molar-refractivity contribution is 0.0965. The monoisotopic (exact) mass is 252 g/mol. The molecule has 1 nitrogen and oxygen atoms in total. The summed E-state index contributed by atoms with van der Waals surface area (Å²) >= 11 is 0. The molecule has 1 aromatic carbocycles. The van der Waals surface area contributed by atoms with Crippen molar-refractivity contribution in [3.8, 4) is 0 Å². The molecular formula is C15H18F2O. The molecule has 0 aromatic heterocycles. The fraction of sp³-hybridized carbons (Fsp3) is 0.533. The Labute approximate surface area is 106 Å². The summed E-state index contributed by atoms with van der Waals surface area (Å²) in [5, 5.41) is 0. The summed E-state index contributed by atoms with van der Waals surface area (Å²) in [6, 6.07) is 3.78. The molecule has 3 heteroatoms. The van der Waals surface area contributed by atoms with E-state index >= 15 is 0 Å². The molecule has 2 rings (SSSR count). The summed E-state index contributed by atoms with van der Waals surface area (Å²) in [7, 11) is 0. The van der Waals surface area contributed by atoms with E-state index in [0.29, 0.717) is 12.3 Å². The van der Waals surface area contributed by atoms with Crippen molar-refractivity contribution in [1.29, 1.82) is 0 Å². The van der Waals surface area contributed by atoms with Crippen molar-refractivity contribution in [3.05, 3.63) is 35.4 Å². The number of hydrogen-bond acceptors (Lipinski definition) is 1. The van der Waals surface area contributed by atoms with Gasteiger partial charge in [0.15, 0.2) is 17.4 Å². The van der Waals surface area contributed by atoms with Crippen LogP contribution in [0.4, 0.5) is 8.78 Å². The SMILES string of the molecule is O=C(CCC1CCCCC1)c1cccc(F)c1F. The molecule has 18 heavy (non-hydrogen) atoms. The Morgan fingerprint density at radius 1 is 1.17 bits per heavy atom. The quantitative estimate of drug-likeness (QED) is 0.721. The number of benzene rings is 1. The Morgan fingerprint density at radius 2 is 1.89 bits per heavy atom. The van der Waals surface area contributed by atoms with E-state index in [4.69, 9.17) is 0 Å². The first-order chi connectivity index (χ1) is 8.68. The van der Waals surface area contributed by atoms with Gasteiger partial charge in [-0.05, 0) is 24.5 Å². The molecule has 0 N–H and O–H groups in total. The zero-order chi connectivity index (χ0) is 13.0. The highest BCUT2D eigenvalue weighted by Gasteiger charge is 2.18. The molecule has 0 bridgehead atoms. The number of carbonyl (C=O) groups excluding carboxylic acids is 1. The predicted molar refractivity (Wildman–Crippen MR) is 66.5 cm³/mol. The maximum atomic E-state index is 13.4. The van der Waals surface area contributed by atoms with Gasteiger partial charge in [-0.1, -0.05) is 38.2 Å². The Hall–Kier alpha value is -1.25. The van der Waals surface area contributed by atoms with E-state index in [1.165, 1.54) is 44.2 Å². The molecular weight excluding hydrogens is 234 g/mol. The van der Waals surface area contributed by atoms with Gasteiger partial charge in [0.25, 0.3) is 0 Å². The van der Waals surface area contributed by atoms with Crippen LogP contribution in [0.2, 0.25) is 0 Å². The van der Waals surface area contributed by atoms with Gasteiger partial charge in [-0.25, -0.2) is 8.78 Å². The third-order valence-corrected chi connectivity index (χ3v) is 3.76. The Morgan fingerprint density at radius 3 is 2.61 bits per heavy atom. The van der Waals surface area contributed by atoms with Crippen LogP contribution in [0.25, 0.3) is 0 Å². The van der Waals surface area contributed by atoms with Gasteiger partial charge in [-0.15, -0.1) is 0 Å². The molecule has 0 radical (unpaired) electrons. The molecule has 1 saturated carbocycles. The minimum absolute atomic E-state index is 0.106. The summed E-state index contributed by atoms with van der Waals surface area (Å²) in [6.45, 7) is 0. The lowest BCUT2D eigenvalue weighted by Gasteiger charge is -2.20. The van der Waals surface area contributed by atoms with Gasteiger partial charge in [0.05, 0.1) is 5.56 Å². The summed E-state index contributed by atoms with van der Waals surface area (Å²) < 4.78 is 26.4. The van der Waals surface area contributed by atoms with Crippen LogP contribution < -0.4 is 0 Å². The maximum absolute atomic E-state index is 13.4. The van der Waals surface area contributed by atoms with E-state index in [-0.39, 0.29) is 11.3 Å². The molecule has 1 aromatic rings. The Bertz CT molecular complexity index is 423. The fourth-order valence-corrected chi connectivity index (χ4v) is 2.66. The van der Waals surface area contributed by atoms with Crippen molar-refractivity contribution in [3.63, 3.8) is 0 Å². The molecule has 98 valence electrons. The molecule has 1 fully saturated rings. The van der Waals surface area contributed by atoms with Crippen LogP contribution in [0.5, 0.6) is 0 Å². The molecule has 0 unspecified atom stereocenters. The van der Waals surface area contributed by atoms with E-state index < -0.39 is 11.6 Å². The van der Waals surface area contributed by atoms with Crippen LogP contribution in [0.15, 0.2) is 18.2 Å². The lowest BCUT2D eigenvalue weighted by atomic mass is 9.85. The Kier molecular flexibility index (Phi) is 4.45. The zero-order valence-corrected chi connectivity index (χ0v) is 10.4. The minimum atomic E-state index is -1.01. The maximum Gasteiger partial charge on any atom is 0.169 e. The number of hydrogen-bond donors (Lipinski definition) is 0. The number of carbonyl (C=O) groups is 1. The summed E-state index contributed by atoms with van der Waals surface area (Å²) in [5.74, 6) is -1.65. The van der Waals surface area contributed by atoms with Crippen molar-refractivity contribution < 1.29 is 13.6 Å². The number of ketones is 1. The van der Waals surface area contributed by atoms with E-state index in [1.54, 1.807) is 0 Å². The standard InChI is InChI=1S/C15H18F2O/c16-13-8-4-7-12(15(13)17)14(18)10-9-11-5-2-1-3-6-11/h4,7-8,11H,1-3,5-6,9-10H2. The lowest BCUT2D eigenvalue weighted by Crippen LogP contribution is -2.10. The highest BCUT2D eigenvalue weighted by atomic mass is 19.2. The van der Waals surface area contributed by atoms with E-state index in [1.807, 2.05) is 0 Å². The molecule has 1 aliphatic carbocycles. The third kappa shape index (κ3) is 3.15. The second-order valence-corrected chi connectivity index (χ2v) is 5.07. The van der Waals surface area contributed by atoms with Crippen LogP contribution in [0.3, 0.4) is 0 Å². The van der Waals surface area contributed by atoms with Gasteiger partial charge < -0.3 is 0 Å². The molecule has 0 spiro atoms. The molecule has 0 heterocycles. The van der Waals surface area contributed by atoms with Crippen LogP contribution in [0, 0.1) is 17.6 Å². The predicted octanol–water partition coefficient (Wildman–Crippen LogP) is 4.51. The summed E-state index contributed by atoms with van der Waals surface area (Å²) in [6.07, 6.45) is 7.20. The van der Waals surface area contributed by atoms with Gasteiger partial charge in [0.2, 0.25) is 0 Å². The smallest absolute Gasteiger partial charge is 0.169 e. The van der Waals surface area contributed by atoms with Gasteiger partial charge in [-0.3, -0.25) is 4.79 Å². The van der Waals surface area contributed by atoms with E-state index in [0.717, 1.165) is 12.5 Å². The van der Waals surface area contributed by atoms with Crippen LogP contribution in [-0.2, 0) is 0 Å². The minimum Gasteiger partial charge on any atom is -0.294 e. The van der Waals surface area contributed by atoms with Crippen LogP contribution in [-0.4, -0.2) is 5.78 Å². The first-order valence-corrected chi connectivity index (χ1v) is 6.65. The number of halogens is 2. The van der Waals surface area contributed by atoms with Gasteiger partial charge in [0, 0.05) is 6.42 Å². The van der Waals surface area contributed by atoms with Crippen molar-refractivity contribution in [2.45, 2.75) is 44.9 Å². The fourth-order valence-electron chi connectivity index (χ4n) is 2.66.